The van der Waals surface area contributed by atoms with Crippen molar-refractivity contribution in [3.8, 4) is 0 Å². The molecule has 0 aliphatic rings. The minimum absolute atomic E-state index is 0.102. The fourth-order valence-electron chi connectivity index (χ4n) is 1.12. The smallest absolute Gasteiger partial charge is 0.176 e. The molecule has 1 rings (SSSR count). The van der Waals surface area contributed by atoms with Gasteiger partial charge in [0.2, 0.25) is 0 Å². The van der Waals surface area contributed by atoms with Gasteiger partial charge in [-0.1, -0.05) is 28.1 Å². The summed E-state index contributed by atoms with van der Waals surface area (Å²) in [7, 11) is 0. The van der Waals surface area contributed by atoms with Crippen molar-refractivity contribution >= 4 is 21.7 Å². The van der Waals surface area contributed by atoms with Crippen molar-refractivity contribution in [1.82, 2.24) is 0 Å². The fourth-order valence-corrected chi connectivity index (χ4v) is 1.39. The van der Waals surface area contributed by atoms with Gasteiger partial charge in [0, 0.05) is 5.56 Å². The molecule has 0 N–H and O–H groups in total. The highest BCUT2D eigenvalue weighted by Crippen LogP contribution is 2.14. The maximum absolute atomic E-state index is 11.6. The molecule has 1 nitrogen and oxygen atoms in total. The number of Topliss-reactive ketones (excluding diaryl/α,β-unsaturated/α-hetero) is 1. The molecule has 0 spiro atoms. The first kappa shape index (κ1) is 10.5. The van der Waals surface area contributed by atoms with E-state index in [2.05, 4.69) is 15.9 Å². The molecule has 0 heterocycles. The lowest BCUT2D eigenvalue weighted by atomic mass is 10.0. The van der Waals surface area contributed by atoms with Crippen molar-refractivity contribution in [1.29, 1.82) is 0 Å². The molecule has 13 heavy (non-hydrogen) atoms. The number of ketones is 1. The molecule has 0 bridgehead atoms. The maximum atomic E-state index is 11.6. The van der Waals surface area contributed by atoms with Crippen LogP contribution in [0.2, 0.25) is 0 Å². The summed E-state index contributed by atoms with van der Waals surface area (Å²) in [4.78, 5) is 11.5. The second kappa shape index (κ2) is 4.05. The molecule has 0 fully saturated rings. The van der Waals surface area contributed by atoms with Crippen molar-refractivity contribution in [2.24, 2.45) is 0 Å². The second-order valence-corrected chi connectivity index (χ2v) is 4.65. The lowest BCUT2D eigenvalue weighted by Crippen LogP contribution is -2.10. The highest BCUT2D eigenvalue weighted by molar-refractivity contribution is 9.10. The van der Waals surface area contributed by atoms with Crippen molar-refractivity contribution in [2.45, 2.75) is 25.6 Å². The number of carbonyl (C=O) groups is 1. The highest BCUT2D eigenvalue weighted by Gasteiger charge is 2.11. The summed E-state index contributed by atoms with van der Waals surface area (Å²) in [5.41, 5.74) is 3.17. The monoisotopic (exact) mass is 240 g/mol. The molecule has 0 radical (unpaired) electrons. The molecule has 1 unspecified atom stereocenters. The van der Waals surface area contributed by atoms with Crippen molar-refractivity contribution in [2.75, 3.05) is 0 Å². The summed E-state index contributed by atoms with van der Waals surface area (Å²) in [6.45, 7) is 5.91. The predicted octanol–water partition coefficient (Wildman–Crippen LogP) is 3.27. The second-order valence-electron chi connectivity index (χ2n) is 3.28. The van der Waals surface area contributed by atoms with Crippen LogP contribution in [0.25, 0.3) is 0 Å². The van der Waals surface area contributed by atoms with E-state index in [1.807, 2.05) is 39.0 Å². The van der Waals surface area contributed by atoms with Crippen LogP contribution in [0.1, 0.15) is 28.4 Å². The van der Waals surface area contributed by atoms with E-state index in [1.165, 1.54) is 11.1 Å². The molecule has 1 aromatic carbocycles. The van der Waals surface area contributed by atoms with Gasteiger partial charge >= 0.3 is 0 Å². The van der Waals surface area contributed by atoms with E-state index in [-0.39, 0.29) is 10.6 Å². The Morgan fingerprint density at radius 2 is 1.92 bits per heavy atom. The van der Waals surface area contributed by atoms with Crippen molar-refractivity contribution < 1.29 is 4.79 Å². The summed E-state index contributed by atoms with van der Waals surface area (Å²) < 4.78 is 0. The predicted molar refractivity (Wildman–Crippen MR) is 58.6 cm³/mol. The van der Waals surface area contributed by atoms with Gasteiger partial charge in [-0.05, 0) is 38.0 Å². The molecular formula is C11H13BrO. The van der Waals surface area contributed by atoms with Crippen LogP contribution in [0.3, 0.4) is 0 Å². The maximum Gasteiger partial charge on any atom is 0.176 e. The van der Waals surface area contributed by atoms with Crippen LogP contribution in [0.4, 0.5) is 0 Å². The molecule has 1 atom stereocenters. The number of aryl methyl sites for hydroxylation is 2. The van der Waals surface area contributed by atoms with Gasteiger partial charge in [0.25, 0.3) is 0 Å². The Hall–Kier alpha value is -0.630. The van der Waals surface area contributed by atoms with Gasteiger partial charge in [0.05, 0.1) is 4.83 Å². The zero-order valence-corrected chi connectivity index (χ0v) is 9.68. The van der Waals surface area contributed by atoms with E-state index < -0.39 is 0 Å². The fraction of sp³-hybridized carbons (Fsp3) is 0.364. The molecule has 1 aromatic rings. The van der Waals surface area contributed by atoms with Crippen molar-refractivity contribution in [3.05, 3.63) is 34.9 Å². The van der Waals surface area contributed by atoms with Gasteiger partial charge in [0.15, 0.2) is 5.78 Å². The third-order valence-electron chi connectivity index (χ3n) is 2.15. The van der Waals surface area contributed by atoms with Gasteiger partial charge in [-0.25, -0.2) is 0 Å². The van der Waals surface area contributed by atoms with E-state index in [0.29, 0.717) is 0 Å². The number of hydrogen-bond donors (Lipinski definition) is 0. The Labute approximate surface area is 87.3 Å². The van der Waals surface area contributed by atoms with E-state index in [0.717, 1.165) is 5.56 Å². The Balaban J connectivity index is 3.04. The van der Waals surface area contributed by atoms with Crippen LogP contribution >= 0.6 is 15.9 Å². The quantitative estimate of drug-likeness (QED) is 0.573. The molecule has 0 saturated heterocycles. The van der Waals surface area contributed by atoms with Crippen LogP contribution in [0, 0.1) is 13.8 Å². The van der Waals surface area contributed by atoms with Gasteiger partial charge in [-0.2, -0.15) is 0 Å². The lowest BCUT2D eigenvalue weighted by Gasteiger charge is -2.05. The molecule has 0 aliphatic heterocycles. The molecule has 0 amide bonds. The van der Waals surface area contributed by atoms with Gasteiger partial charge in [-0.15, -0.1) is 0 Å². The average molecular weight is 241 g/mol. The van der Waals surface area contributed by atoms with Gasteiger partial charge < -0.3 is 0 Å². The van der Waals surface area contributed by atoms with Crippen LogP contribution < -0.4 is 0 Å². The first-order valence-corrected chi connectivity index (χ1v) is 5.19. The van der Waals surface area contributed by atoms with E-state index in [1.54, 1.807) is 0 Å². The van der Waals surface area contributed by atoms with E-state index in [4.69, 9.17) is 0 Å². The zero-order chi connectivity index (χ0) is 10.0. The Kier molecular flexibility index (Phi) is 3.26. The van der Waals surface area contributed by atoms with Crippen LogP contribution in [-0.2, 0) is 0 Å². The summed E-state index contributed by atoms with van der Waals surface area (Å²) in [6.07, 6.45) is 0. The molecule has 0 aliphatic carbocycles. The minimum Gasteiger partial charge on any atom is -0.293 e. The summed E-state index contributed by atoms with van der Waals surface area (Å²) in [6, 6.07) is 5.80. The summed E-state index contributed by atoms with van der Waals surface area (Å²) in [5, 5.41) is 0. The number of benzene rings is 1. The van der Waals surface area contributed by atoms with E-state index >= 15 is 0 Å². The van der Waals surface area contributed by atoms with Crippen LogP contribution in [-0.4, -0.2) is 10.6 Å². The number of hydrogen-bond acceptors (Lipinski definition) is 1. The third kappa shape index (κ3) is 2.41. The topological polar surface area (TPSA) is 17.1 Å². The number of rotatable bonds is 2. The first-order valence-electron chi connectivity index (χ1n) is 4.28. The molecule has 0 saturated carbocycles. The Morgan fingerprint density at radius 3 is 2.38 bits per heavy atom. The van der Waals surface area contributed by atoms with Crippen LogP contribution in [0.5, 0.6) is 0 Å². The van der Waals surface area contributed by atoms with Gasteiger partial charge in [-0.3, -0.25) is 4.79 Å². The Morgan fingerprint density at radius 1 is 1.31 bits per heavy atom. The Bertz CT molecular complexity index is 329. The molecular weight excluding hydrogens is 228 g/mol. The minimum atomic E-state index is -0.102. The summed E-state index contributed by atoms with van der Waals surface area (Å²) >= 11 is 3.27. The number of carbonyl (C=O) groups excluding carboxylic acids is 1. The highest BCUT2D eigenvalue weighted by atomic mass is 79.9. The lowest BCUT2D eigenvalue weighted by molar-refractivity contribution is 0.0996. The third-order valence-corrected chi connectivity index (χ3v) is 2.57. The zero-order valence-electron chi connectivity index (χ0n) is 8.10. The normalized spacial score (nSPS) is 12.6. The van der Waals surface area contributed by atoms with E-state index in [9.17, 15) is 4.79 Å². The summed E-state index contributed by atoms with van der Waals surface area (Å²) in [5.74, 6) is 0.142. The molecule has 2 heteroatoms. The van der Waals surface area contributed by atoms with Crippen molar-refractivity contribution in [3.63, 3.8) is 0 Å². The SMILES string of the molecule is Cc1ccc(C(=O)C(C)Br)cc1C. The molecule has 0 aromatic heterocycles. The number of halogens is 1. The average Bonchev–Trinajstić information content (AvgIpc) is 2.08. The van der Waals surface area contributed by atoms with Gasteiger partial charge in [0.1, 0.15) is 0 Å². The molecule has 70 valence electrons. The largest absolute Gasteiger partial charge is 0.293 e. The standard InChI is InChI=1S/C11H13BrO/c1-7-4-5-10(6-8(7)2)11(13)9(3)12/h4-6,9H,1-3H3. The first-order chi connectivity index (χ1) is 6.02. The number of alkyl halides is 1. The van der Waals surface area contributed by atoms with Crippen LogP contribution in [0.15, 0.2) is 18.2 Å².